The topological polar surface area (TPSA) is 16.1 Å². The summed E-state index contributed by atoms with van der Waals surface area (Å²) in [5, 5.41) is 0. The van der Waals surface area contributed by atoms with Gasteiger partial charge in [-0.2, -0.15) is 0 Å². The molecule has 1 aliphatic rings. The van der Waals surface area contributed by atoms with Crippen LogP contribution < -0.4 is 4.90 Å². The van der Waals surface area contributed by atoms with Gasteiger partial charge >= 0.3 is 0 Å². The lowest BCUT2D eigenvalue weighted by molar-refractivity contribution is 0.418. The highest BCUT2D eigenvalue weighted by molar-refractivity contribution is 6.17. The molecule has 2 heterocycles. The minimum Gasteiger partial charge on any atom is -0.356 e. The van der Waals surface area contributed by atoms with Crippen LogP contribution in [0.1, 0.15) is 38.4 Å². The van der Waals surface area contributed by atoms with Gasteiger partial charge in [0, 0.05) is 24.7 Å². The SMILES string of the molecule is CCc1cc(CCl)cc(N2CCC(C)(C)C2)n1. The Labute approximate surface area is 109 Å². The van der Waals surface area contributed by atoms with Crippen molar-refractivity contribution in [2.45, 2.75) is 39.5 Å². The summed E-state index contributed by atoms with van der Waals surface area (Å²) in [4.78, 5) is 7.10. The molecule has 0 aromatic carbocycles. The largest absolute Gasteiger partial charge is 0.356 e. The van der Waals surface area contributed by atoms with Crippen LogP contribution in [0.4, 0.5) is 5.82 Å². The smallest absolute Gasteiger partial charge is 0.129 e. The number of aryl methyl sites for hydroxylation is 1. The van der Waals surface area contributed by atoms with E-state index in [1.54, 1.807) is 0 Å². The Kier molecular flexibility index (Phi) is 3.62. The van der Waals surface area contributed by atoms with Crippen LogP contribution in [-0.4, -0.2) is 18.1 Å². The van der Waals surface area contributed by atoms with Gasteiger partial charge in [-0.15, -0.1) is 11.6 Å². The van der Waals surface area contributed by atoms with Crippen molar-refractivity contribution >= 4 is 17.4 Å². The molecule has 1 aliphatic heterocycles. The summed E-state index contributed by atoms with van der Waals surface area (Å²) >= 11 is 5.94. The zero-order chi connectivity index (χ0) is 12.5. The van der Waals surface area contributed by atoms with Gasteiger partial charge in [-0.05, 0) is 36.0 Å². The molecule has 3 heteroatoms. The van der Waals surface area contributed by atoms with Gasteiger partial charge in [0.1, 0.15) is 5.82 Å². The summed E-state index contributed by atoms with van der Waals surface area (Å²) in [5.74, 6) is 1.67. The molecule has 1 saturated heterocycles. The molecule has 0 radical (unpaired) electrons. The van der Waals surface area contributed by atoms with Crippen molar-refractivity contribution in [3.8, 4) is 0 Å². The molecule has 17 heavy (non-hydrogen) atoms. The summed E-state index contributed by atoms with van der Waals surface area (Å²) < 4.78 is 0. The Hall–Kier alpha value is -0.760. The van der Waals surface area contributed by atoms with Gasteiger partial charge in [-0.3, -0.25) is 0 Å². The molecule has 0 spiro atoms. The summed E-state index contributed by atoms with van der Waals surface area (Å²) in [5.41, 5.74) is 2.73. The van der Waals surface area contributed by atoms with E-state index in [1.165, 1.54) is 12.0 Å². The van der Waals surface area contributed by atoms with E-state index in [0.717, 1.165) is 31.0 Å². The number of anilines is 1. The number of rotatable bonds is 3. The highest BCUT2D eigenvalue weighted by Gasteiger charge is 2.30. The minimum atomic E-state index is 0.408. The Morgan fingerprint density at radius 3 is 2.71 bits per heavy atom. The number of aromatic nitrogens is 1. The highest BCUT2D eigenvalue weighted by atomic mass is 35.5. The fourth-order valence-corrected chi connectivity index (χ4v) is 2.52. The molecule has 0 unspecified atom stereocenters. The second-order valence-corrected chi connectivity index (χ2v) is 5.92. The van der Waals surface area contributed by atoms with E-state index in [0.29, 0.717) is 11.3 Å². The second kappa shape index (κ2) is 4.85. The number of pyridine rings is 1. The number of alkyl halides is 1. The van der Waals surface area contributed by atoms with Crippen LogP contribution >= 0.6 is 11.6 Å². The Bertz CT molecular complexity index is 379. The monoisotopic (exact) mass is 252 g/mol. The molecule has 0 aliphatic carbocycles. The lowest BCUT2D eigenvalue weighted by Gasteiger charge is -2.21. The third-order valence-electron chi connectivity index (χ3n) is 3.44. The number of nitrogens with zero attached hydrogens (tertiary/aromatic N) is 2. The molecular weight excluding hydrogens is 232 g/mol. The van der Waals surface area contributed by atoms with Crippen LogP contribution in [0.5, 0.6) is 0 Å². The standard InChI is InChI=1S/C14H21ClN2/c1-4-12-7-11(9-15)8-13(16-12)17-6-5-14(2,3)10-17/h7-8H,4-6,9-10H2,1-3H3. The van der Waals surface area contributed by atoms with Gasteiger partial charge in [-0.1, -0.05) is 20.8 Å². The van der Waals surface area contributed by atoms with Crippen LogP contribution in [0.2, 0.25) is 0 Å². The van der Waals surface area contributed by atoms with E-state index < -0.39 is 0 Å². The molecule has 2 rings (SSSR count). The minimum absolute atomic E-state index is 0.408. The quantitative estimate of drug-likeness (QED) is 0.764. The van der Waals surface area contributed by atoms with Crippen molar-refractivity contribution in [2.75, 3.05) is 18.0 Å². The van der Waals surface area contributed by atoms with Gasteiger partial charge in [0.15, 0.2) is 0 Å². The van der Waals surface area contributed by atoms with Crippen molar-refractivity contribution in [2.24, 2.45) is 5.41 Å². The van der Waals surface area contributed by atoms with Crippen LogP contribution in [-0.2, 0) is 12.3 Å². The van der Waals surface area contributed by atoms with Crippen molar-refractivity contribution in [3.05, 3.63) is 23.4 Å². The second-order valence-electron chi connectivity index (χ2n) is 5.65. The third kappa shape index (κ3) is 2.92. The third-order valence-corrected chi connectivity index (χ3v) is 3.75. The van der Waals surface area contributed by atoms with Crippen molar-refractivity contribution < 1.29 is 0 Å². The van der Waals surface area contributed by atoms with E-state index >= 15 is 0 Å². The van der Waals surface area contributed by atoms with Gasteiger partial charge in [-0.25, -0.2) is 4.98 Å². The van der Waals surface area contributed by atoms with E-state index in [-0.39, 0.29) is 0 Å². The molecule has 0 amide bonds. The normalized spacial score (nSPS) is 18.7. The van der Waals surface area contributed by atoms with Crippen LogP contribution in [0.25, 0.3) is 0 Å². The Morgan fingerprint density at radius 2 is 2.18 bits per heavy atom. The van der Waals surface area contributed by atoms with E-state index in [9.17, 15) is 0 Å². The summed E-state index contributed by atoms with van der Waals surface area (Å²) in [6.45, 7) is 8.97. The average molecular weight is 253 g/mol. The van der Waals surface area contributed by atoms with E-state index in [4.69, 9.17) is 16.6 Å². The number of hydrogen-bond acceptors (Lipinski definition) is 2. The molecule has 0 N–H and O–H groups in total. The number of halogens is 1. The maximum atomic E-state index is 5.94. The maximum absolute atomic E-state index is 5.94. The molecular formula is C14H21ClN2. The molecule has 1 aromatic rings. The first-order valence-corrected chi connectivity index (χ1v) is 6.88. The van der Waals surface area contributed by atoms with Gasteiger partial charge < -0.3 is 4.90 Å². The predicted molar refractivity (Wildman–Crippen MR) is 73.8 cm³/mol. The molecule has 1 aromatic heterocycles. The molecule has 0 bridgehead atoms. The van der Waals surface area contributed by atoms with Gasteiger partial charge in [0.2, 0.25) is 0 Å². The van der Waals surface area contributed by atoms with Crippen LogP contribution in [0.3, 0.4) is 0 Å². The van der Waals surface area contributed by atoms with Crippen LogP contribution in [0, 0.1) is 5.41 Å². The molecule has 0 saturated carbocycles. The average Bonchev–Trinajstić information content (AvgIpc) is 2.69. The highest BCUT2D eigenvalue weighted by Crippen LogP contribution is 2.32. The lowest BCUT2D eigenvalue weighted by Crippen LogP contribution is -2.24. The molecule has 1 fully saturated rings. The van der Waals surface area contributed by atoms with Gasteiger partial charge in [0.25, 0.3) is 0 Å². The fraction of sp³-hybridized carbons (Fsp3) is 0.643. The summed E-state index contributed by atoms with van der Waals surface area (Å²) in [6.07, 6.45) is 2.20. The first-order valence-electron chi connectivity index (χ1n) is 6.35. The van der Waals surface area contributed by atoms with Crippen molar-refractivity contribution in [1.82, 2.24) is 4.98 Å². The van der Waals surface area contributed by atoms with E-state index in [1.807, 2.05) is 0 Å². The molecule has 94 valence electrons. The van der Waals surface area contributed by atoms with Crippen molar-refractivity contribution in [1.29, 1.82) is 0 Å². The lowest BCUT2D eigenvalue weighted by atomic mass is 9.93. The zero-order valence-corrected chi connectivity index (χ0v) is 11.7. The first kappa shape index (κ1) is 12.7. The maximum Gasteiger partial charge on any atom is 0.129 e. The first-order chi connectivity index (χ1) is 8.04. The number of hydrogen-bond donors (Lipinski definition) is 0. The Balaban J connectivity index is 2.26. The van der Waals surface area contributed by atoms with Crippen LogP contribution in [0.15, 0.2) is 12.1 Å². The molecule has 2 nitrogen and oxygen atoms in total. The van der Waals surface area contributed by atoms with Crippen molar-refractivity contribution in [3.63, 3.8) is 0 Å². The fourth-order valence-electron chi connectivity index (χ4n) is 2.36. The molecule has 0 atom stereocenters. The van der Waals surface area contributed by atoms with E-state index in [2.05, 4.69) is 37.8 Å². The zero-order valence-electron chi connectivity index (χ0n) is 11.0. The Morgan fingerprint density at radius 1 is 1.41 bits per heavy atom. The summed E-state index contributed by atoms with van der Waals surface area (Å²) in [6, 6.07) is 4.24. The predicted octanol–water partition coefficient (Wildman–Crippen LogP) is 3.62. The van der Waals surface area contributed by atoms with Gasteiger partial charge in [0.05, 0.1) is 0 Å². The summed E-state index contributed by atoms with van der Waals surface area (Å²) in [7, 11) is 0.